The molecule has 0 aromatic heterocycles. The van der Waals surface area contributed by atoms with Crippen LogP contribution in [0.2, 0.25) is 0 Å². The third kappa shape index (κ3) is 6.74. The number of hydrogen-bond donors (Lipinski definition) is 2. The Kier molecular flexibility index (Phi) is 10.5. The molecule has 1 fully saturated rings. The van der Waals surface area contributed by atoms with E-state index in [1.54, 1.807) is 14.2 Å². The Hall–Kier alpha value is -1.38. The summed E-state index contributed by atoms with van der Waals surface area (Å²) in [6.45, 7) is 7.97. The Morgan fingerprint density at radius 1 is 1.19 bits per heavy atom. The molecule has 26 heavy (non-hydrogen) atoms. The molecule has 2 N–H and O–H groups in total. The number of unbranched alkanes of at least 4 members (excludes halogenated alkanes) is 1. The average molecular weight is 476 g/mol. The van der Waals surface area contributed by atoms with Crippen molar-refractivity contribution in [2.24, 2.45) is 4.99 Å². The fourth-order valence-corrected chi connectivity index (χ4v) is 2.95. The van der Waals surface area contributed by atoms with E-state index in [1.807, 2.05) is 6.07 Å². The van der Waals surface area contributed by atoms with Crippen LogP contribution in [0.15, 0.2) is 23.2 Å². The average Bonchev–Trinajstić information content (AvgIpc) is 3.10. The third-order valence-electron chi connectivity index (χ3n) is 4.36. The fraction of sp³-hybridized carbons (Fsp3) is 0.632. The van der Waals surface area contributed by atoms with Gasteiger partial charge in [-0.3, -0.25) is 4.99 Å². The van der Waals surface area contributed by atoms with Crippen LogP contribution in [-0.4, -0.2) is 52.4 Å². The molecule has 0 amide bonds. The Morgan fingerprint density at radius 3 is 2.46 bits per heavy atom. The van der Waals surface area contributed by atoms with Crippen molar-refractivity contribution in [2.75, 3.05) is 45.3 Å². The van der Waals surface area contributed by atoms with Gasteiger partial charge in [-0.2, -0.15) is 0 Å². The fourth-order valence-electron chi connectivity index (χ4n) is 2.95. The lowest BCUT2D eigenvalue weighted by molar-refractivity contribution is 0.394. The topological polar surface area (TPSA) is 58.1 Å². The van der Waals surface area contributed by atoms with Crippen LogP contribution < -0.4 is 25.0 Å². The first-order chi connectivity index (χ1) is 12.2. The van der Waals surface area contributed by atoms with E-state index in [2.05, 4.69) is 46.5 Å². The van der Waals surface area contributed by atoms with Crippen molar-refractivity contribution in [1.82, 2.24) is 10.6 Å². The molecule has 1 saturated heterocycles. The molecular formula is C19H33IN4O2. The van der Waals surface area contributed by atoms with Gasteiger partial charge in [-0.05, 0) is 19.8 Å². The predicted molar refractivity (Wildman–Crippen MR) is 120 cm³/mol. The van der Waals surface area contributed by atoms with Gasteiger partial charge in [0.1, 0.15) is 11.5 Å². The quantitative estimate of drug-likeness (QED) is 0.261. The Labute approximate surface area is 174 Å². The summed E-state index contributed by atoms with van der Waals surface area (Å²) in [5, 5.41) is 6.91. The molecule has 2 rings (SSSR count). The molecule has 1 aromatic rings. The molecule has 0 spiro atoms. The molecule has 1 atom stereocenters. The largest absolute Gasteiger partial charge is 0.497 e. The van der Waals surface area contributed by atoms with Gasteiger partial charge in [0, 0.05) is 56.1 Å². The lowest BCUT2D eigenvalue weighted by Crippen LogP contribution is -2.44. The summed E-state index contributed by atoms with van der Waals surface area (Å²) < 4.78 is 10.8. The van der Waals surface area contributed by atoms with Crippen LogP contribution >= 0.6 is 24.0 Å². The monoisotopic (exact) mass is 476 g/mol. The summed E-state index contributed by atoms with van der Waals surface area (Å²) in [7, 11) is 3.37. The van der Waals surface area contributed by atoms with Gasteiger partial charge >= 0.3 is 0 Å². The van der Waals surface area contributed by atoms with Crippen LogP contribution in [0.5, 0.6) is 11.5 Å². The molecular weight excluding hydrogens is 443 g/mol. The van der Waals surface area contributed by atoms with Crippen LogP contribution in [0, 0.1) is 0 Å². The van der Waals surface area contributed by atoms with Gasteiger partial charge < -0.3 is 25.0 Å². The summed E-state index contributed by atoms with van der Waals surface area (Å²) >= 11 is 0. The van der Waals surface area contributed by atoms with Gasteiger partial charge in [0.05, 0.1) is 14.2 Å². The summed E-state index contributed by atoms with van der Waals surface area (Å²) in [6.07, 6.45) is 3.37. The molecule has 6 nitrogen and oxygen atoms in total. The summed E-state index contributed by atoms with van der Waals surface area (Å²) in [5.74, 6) is 2.56. The first kappa shape index (κ1) is 22.7. The Morgan fingerprint density at radius 2 is 1.88 bits per heavy atom. The summed E-state index contributed by atoms with van der Waals surface area (Å²) in [6, 6.07) is 6.41. The molecule has 1 aromatic carbocycles. The van der Waals surface area contributed by atoms with Crippen molar-refractivity contribution < 1.29 is 9.47 Å². The van der Waals surface area contributed by atoms with Gasteiger partial charge in [-0.25, -0.2) is 0 Å². The third-order valence-corrected chi connectivity index (χ3v) is 4.36. The Bertz CT molecular complexity index is 546. The summed E-state index contributed by atoms with van der Waals surface area (Å²) in [5.41, 5.74) is 1.13. The van der Waals surface area contributed by atoms with Gasteiger partial charge in [0.2, 0.25) is 0 Å². The number of nitrogens with zero attached hydrogens (tertiary/aromatic N) is 2. The number of hydrogen-bond acceptors (Lipinski definition) is 4. The zero-order valence-electron chi connectivity index (χ0n) is 16.4. The van der Waals surface area contributed by atoms with Crippen LogP contribution in [0.3, 0.4) is 0 Å². The minimum absolute atomic E-state index is 0. The first-order valence-corrected chi connectivity index (χ1v) is 9.23. The first-order valence-electron chi connectivity index (χ1n) is 9.23. The highest BCUT2D eigenvalue weighted by Crippen LogP contribution is 2.30. The Balaban J connectivity index is 0.00000338. The summed E-state index contributed by atoms with van der Waals surface area (Å²) in [4.78, 5) is 7.01. The van der Waals surface area contributed by atoms with Gasteiger partial charge in [-0.15, -0.1) is 24.0 Å². The van der Waals surface area contributed by atoms with E-state index in [-0.39, 0.29) is 24.0 Å². The van der Waals surface area contributed by atoms with Gasteiger partial charge in [0.15, 0.2) is 5.96 Å². The molecule has 1 aliphatic rings. The van der Waals surface area contributed by atoms with E-state index in [1.165, 1.54) is 0 Å². The maximum absolute atomic E-state index is 5.38. The predicted octanol–water partition coefficient (Wildman–Crippen LogP) is 3.26. The molecule has 1 aliphatic heterocycles. The maximum Gasteiger partial charge on any atom is 0.191 e. The van der Waals surface area contributed by atoms with Crippen LogP contribution in [0.1, 0.15) is 33.1 Å². The second-order valence-corrected chi connectivity index (χ2v) is 6.26. The molecule has 7 heteroatoms. The molecule has 0 saturated carbocycles. The van der Waals surface area contributed by atoms with Crippen LogP contribution in [0.25, 0.3) is 0 Å². The van der Waals surface area contributed by atoms with Crippen molar-refractivity contribution in [1.29, 1.82) is 0 Å². The van der Waals surface area contributed by atoms with Crippen molar-refractivity contribution in [3.63, 3.8) is 0 Å². The van der Waals surface area contributed by atoms with Gasteiger partial charge in [-0.1, -0.05) is 13.3 Å². The highest BCUT2D eigenvalue weighted by atomic mass is 127. The number of guanidine groups is 1. The SMILES string of the molecule is CCCCN=C(NCC)NC1CCN(c2cc(OC)cc(OC)c2)C1.I. The molecule has 1 heterocycles. The van der Waals surface area contributed by atoms with Crippen LogP contribution in [0.4, 0.5) is 5.69 Å². The van der Waals surface area contributed by atoms with E-state index in [0.29, 0.717) is 6.04 Å². The zero-order chi connectivity index (χ0) is 18.1. The molecule has 148 valence electrons. The number of benzene rings is 1. The molecule has 0 bridgehead atoms. The standard InChI is InChI=1S/C19H32N4O2.HI/c1-5-7-9-21-19(20-6-2)22-15-8-10-23(14-15)16-11-17(24-3)13-18(12-16)25-4;/h11-13,15H,5-10,14H2,1-4H3,(H2,20,21,22);1H. The lowest BCUT2D eigenvalue weighted by Gasteiger charge is -2.21. The number of nitrogens with one attached hydrogen (secondary N) is 2. The minimum atomic E-state index is 0. The van der Waals surface area contributed by atoms with Crippen LogP contribution in [-0.2, 0) is 0 Å². The highest BCUT2D eigenvalue weighted by Gasteiger charge is 2.24. The second-order valence-electron chi connectivity index (χ2n) is 6.26. The van der Waals surface area contributed by atoms with E-state index in [9.17, 15) is 0 Å². The normalized spacial score (nSPS) is 16.8. The molecule has 0 radical (unpaired) electrons. The van der Waals surface area contributed by atoms with E-state index in [4.69, 9.17) is 9.47 Å². The van der Waals surface area contributed by atoms with Crippen molar-refractivity contribution in [2.45, 2.75) is 39.2 Å². The number of ether oxygens (including phenoxy) is 2. The number of rotatable bonds is 8. The van der Waals surface area contributed by atoms with E-state index < -0.39 is 0 Å². The van der Waals surface area contributed by atoms with E-state index >= 15 is 0 Å². The number of halogens is 1. The van der Waals surface area contributed by atoms with Gasteiger partial charge in [0.25, 0.3) is 0 Å². The zero-order valence-corrected chi connectivity index (χ0v) is 18.7. The highest BCUT2D eigenvalue weighted by molar-refractivity contribution is 14.0. The van der Waals surface area contributed by atoms with Crippen molar-refractivity contribution >= 4 is 35.6 Å². The lowest BCUT2D eigenvalue weighted by atomic mass is 10.2. The van der Waals surface area contributed by atoms with Crippen molar-refractivity contribution in [3.8, 4) is 11.5 Å². The minimum Gasteiger partial charge on any atom is -0.497 e. The molecule has 0 aliphatic carbocycles. The van der Waals surface area contributed by atoms with Crippen molar-refractivity contribution in [3.05, 3.63) is 18.2 Å². The van der Waals surface area contributed by atoms with E-state index in [0.717, 1.165) is 68.6 Å². The second kappa shape index (κ2) is 12.1. The number of anilines is 1. The number of methoxy groups -OCH3 is 2. The molecule has 1 unspecified atom stereocenters. The maximum atomic E-state index is 5.38. The number of aliphatic imine (C=N–C) groups is 1. The smallest absolute Gasteiger partial charge is 0.191 e.